The molecule has 6 aliphatic rings. The number of amides is 12. The van der Waals surface area contributed by atoms with E-state index in [4.69, 9.17) is 5.11 Å². The average molecular weight is 2970 g/mol. The van der Waals surface area contributed by atoms with Crippen molar-refractivity contribution in [1.29, 1.82) is 0 Å². The standard InChI is InChI=1S/C16H12Br2I3NO3.C14H9Br2I2NO4.C14H11Br2NO4.C13H11Br2NO3.C11H7Br2NO2.C8H7Br2NO4/c1-3-7(6(2)23)4-8-9(19)5-10(20)14(13(8)21)22-15(24)11(17)12(18)16(22)25;1-5-7(17)2-6(3-8(5)18)4-9(14(22)23)19-12(20)10(15)11(16)13(19)21;1-7-2-4-8(5-3-7)6-9(14(20)21)17-12(18)10(15)11(16)13(17)19;1-7-2-3-8(6-9(7)17)4-5-16-12(18)10(14)11(15)13(16)19;1-6-2-4-7(5-3-6)14-10(15)8(12)9(13)11(14)16;1-2-3(8(14)15)11-6(12)4(9)5(10)7(11)13/h5,7H,3-4H2,1-2H3;2-3,9H,4H2,1H3,(H,22,23);2-5,9H,6H2,1H3,(H,20,21);2-3,6,17H,4-5H2,1H3;2-5H,1H3;3H,2H2,1H3,(H,14,15). The van der Waals surface area contributed by atoms with Gasteiger partial charge in [0.1, 0.15) is 83.4 Å². The van der Waals surface area contributed by atoms with Crippen LogP contribution < -0.4 is 9.80 Å². The Kier molecular flexibility index (Phi) is 40.3. The normalized spacial score (nSPS) is 16.5. The maximum absolute atomic E-state index is 12.5. The summed E-state index contributed by atoms with van der Waals surface area (Å²) in [5, 5.41) is 37.3. The number of nitrogens with zero attached hydrogens (tertiary/aromatic N) is 6. The maximum atomic E-state index is 12.5. The third-order valence-electron chi connectivity index (χ3n) is 17.7. The number of aromatic hydroxyl groups is 1. The van der Waals surface area contributed by atoms with Crippen LogP contribution in [0.3, 0.4) is 0 Å². The average Bonchev–Trinajstić information content (AvgIpc) is 1.66. The number of imide groups is 6. The Bertz CT molecular complexity index is 5220. The number of carboxylic acids is 3. The fourth-order valence-electron chi connectivity index (χ4n) is 11.0. The highest BCUT2D eigenvalue weighted by Crippen LogP contribution is 2.43. The summed E-state index contributed by atoms with van der Waals surface area (Å²) in [4.78, 5) is 195. The van der Waals surface area contributed by atoms with Crippen molar-refractivity contribution in [3.05, 3.63) is 201 Å². The molecule has 0 saturated heterocycles. The molecule has 6 heterocycles. The number of rotatable bonds is 20. The highest BCUT2D eigenvalue weighted by Gasteiger charge is 2.47. The lowest BCUT2D eigenvalue weighted by Gasteiger charge is -2.23. The van der Waals surface area contributed by atoms with Crippen LogP contribution in [0.15, 0.2) is 139 Å². The van der Waals surface area contributed by atoms with Gasteiger partial charge in [-0.2, -0.15) is 0 Å². The fraction of sp³-hybridized carbons (Fsp3) is 0.237. The predicted octanol–water partition coefficient (Wildman–Crippen LogP) is 18.2. The van der Waals surface area contributed by atoms with Crippen LogP contribution in [0.1, 0.15) is 78.1 Å². The van der Waals surface area contributed by atoms with Crippen molar-refractivity contribution >= 4 is 410 Å². The molecule has 0 saturated carbocycles. The molecular formula is C76H57Br12I5N6O20. The Morgan fingerprint density at radius 3 is 1.07 bits per heavy atom. The highest BCUT2D eigenvalue weighted by atomic mass is 127. The molecule has 0 radical (unpaired) electrons. The number of aryl methyl sites for hydroxylation is 3. The van der Waals surface area contributed by atoms with Gasteiger partial charge < -0.3 is 20.4 Å². The number of ketones is 1. The summed E-state index contributed by atoms with van der Waals surface area (Å²) < 4.78 is 6.46. The first-order valence-corrected chi connectivity index (χ1v) is 48.6. The lowest BCUT2D eigenvalue weighted by Crippen LogP contribution is -2.46. The van der Waals surface area contributed by atoms with Gasteiger partial charge in [-0.1, -0.05) is 73.5 Å². The van der Waals surface area contributed by atoms with E-state index in [1.165, 1.54) is 9.80 Å². The van der Waals surface area contributed by atoms with Gasteiger partial charge in [0.05, 0.1) is 11.4 Å². The van der Waals surface area contributed by atoms with Crippen molar-refractivity contribution in [2.45, 2.75) is 105 Å². The molecule has 0 spiro atoms. The van der Waals surface area contributed by atoms with Gasteiger partial charge in [0, 0.05) is 43.2 Å². The van der Waals surface area contributed by atoms with E-state index in [1.807, 2.05) is 89.2 Å². The minimum absolute atomic E-state index is 0.0433. The molecule has 630 valence electrons. The van der Waals surface area contributed by atoms with Crippen LogP contribution in [0, 0.1) is 51.5 Å². The number of hydrogen-bond acceptors (Lipinski definition) is 17. The molecule has 4 unspecified atom stereocenters. The predicted molar refractivity (Wildman–Crippen MR) is 527 cm³/mol. The van der Waals surface area contributed by atoms with Crippen LogP contribution in [0.2, 0.25) is 0 Å². The zero-order chi connectivity index (χ0) is 90.0. The van der Waals surface area contributed by atoms with Crippen LogP contribution in [0.25, 0.3) is 0 Å². The largest absolute Gasteiger partial charge is 0.508 e. The molecule has 4 N–H and O–H groups in total. The molecule has 12 amide bonds. The van der Waals surface area contributed by atoms with Crippen molar-refractivity contribution in [3.63, 3.8) is 0 Å². The van der Waals surface area contributed by atoms with E-state index in [0.717, 1.165) is 88.4 Å². The van der Waals surface area contributed by atoms with Crippen LogP contribution in [0.4, 0.5) is 11.4 Å². The van der Waals surface area contributed by atoms with Crippen molar-refractivity contribution in [1.82, 2.24) is 19.6 Å². The number of Topliss-reactive ketones (excluding diaryl/α,β-unsaturated/α-hetero) is 1. The second-order valence-electron chi connectivity index (χ2n) is 25.5. The number of carboxylic acid groups (broad SMARTS) is 3. The number of carbonyl (C=O) groups is 16. The molecule has 0 aromatic heterocycles. The Morgan fingerprint density at radius 1 is 0.378 bits per heavy atom. The summed E-state index contributed by atoms with van der Waals surface area (Å²) in [6.45, 7) is 13.1. The number of aliphatic carboxylic acids is 3. The van der Waals surface area contributed by atoms with E-state index in [9.17, 15) is 92.0 Å². The number of hydrogen-bond donors (Lipinski definition) is 4. The first-order valence-electron chi connectivity index (χ1n) is 33.7. The molecule has 11 rings (SSSR count). The van der Waals surface area contributed by atoms with E-state index >= 15 is 0 Å². The van der Waals surface area contributed by atoms with Crippen molar-refractivity contribution in [2.75, 3.05) is 16.3 Å². The number of carbonyl (C=O) groups excluding carboxylic acids is 13. The van der Waals surface area contributed by atoms with E-state index < -0.39 is 83.3 Å². The van der Waals surface area contributed by atoms with Crippen molar-refractivity contribution < 1.29 is 97.1 Å². The van der Waals surface area contributed by atoms with Gasteiger partial charge in [-0.3, -0.25) is 81.9 Å². The molecule has 0 aliphatic carbocycles. The minimum atomic E-state index is -1.26. The van der Waals surface area contributed by atoms with Crippen LogP contribution in [-0.4, -0.2) is 159 Å². The van der Waals surface area contributed by atoms with Crippen LogP contribution in [-0.2, 0) is 102 Å². The molecule has 0 fully saturated rings. The quantitative estimate of drug-likeness (QED) is 0.0415. The maximum Gasteiger partial charge on any atom is 0.327 e. The number of benzene rings is 5. The Hall–Kier alpha value is -3.33. The molecule has 119 heavy (non-hydrogen) atoms. The minimum Gasteiger partial charge on any atom is -0.508 e. The molecule has 5 aromatic carbocycles. The van der Waals surface area contributed by atoms with Crippen LogP contribution in [0.5, 0.6) is 5.75 Å². The summed E-state index contributed by atoms with van der Waals surface area (Å²) in [6, 6.07) is 21.9. The molecule has 4 atom stereocenters. The fourth-order valence-corrected chi connectivity index (χ4v) is 21.6. The van der Waals surface area contributed by atoms with Gasteiger partial charge in [0.2, 0.25) is 0 Å². The third-order valence-corrected chi connectivity index (χ3v) is 34.9. The van der Waals surface area contributed by atoms with Crippen LogP contribution >= 0.6 is 304 Å². The Morgan fingerprint density at radius 2 is 0.714 bits per heavy atom. The smallest absolute Gasteiger partial charge is 0.327 e. The zero-order valence-corrected chi connectivity index (χ0v) is 91.6. The summed E-state index contributed by atoms with van der Waals surface area (Å²) >= 11 is 47.4. The van der Waals surface area contributed by atoms with Gasteiger partial charge in [0.25, 0.3) is 70.9 Å². The second-order valence-corrected chi connectivity index (χ2v) is 40.8. The van der Waals surface area contributed by atoms with Crippen molar-refractivity contribution in [3.8, 4) is 5.75 Å². The molecule has 0 bridgehead atoms. The number of anilines is 2. The number of phenolic OH excluding ortho intramolecular Hbond substituents is 1. The van der Waals surface area contributed by atoms with Crippen molar-refractivity contribution in [2.24, 2.45) is 5.92 Å². The first-order chi connectivity index (χ1) is 55.4. The second kappa shape index (κ2) is 45.9. The lowest BCUT2D eigenvalue weighted by molar-refractivity contribution is -0.153. The topological polar surface area (TPSA) is 373 Å². The third kappa shape index (κ3) is 24.7. The van der Waals surface area contributed by atoms with Gasteiger partial charge >= 0.3 is 17.9 Å². The highest BCUT2D eigenvalue weighted by molar-refractivity contribution is 14.1. The number of halogens is 17. The van der Waals surface area contributed by atoms with E-state index in [-0.39, 0.29) is 121 Å². The molecule has 26 nitrogen and oxygen atoms in total. The molecular weight excluding hydrogens is 2910 g/mol. The SMILES string of the molecule is CCC(C(=O)O)N1C(=O)C(Br)=C(Br)C1=O.CCC(Cc1c(I)cc(I)c(N2C(=O)C(Br)=C(Br)C2=O)c1I)C(C)=O.Cc1c(I)cc(CC(C(=O)O)N2C(=O)C(Br)=C(Br)C2=O)cc1I.Cc1ccc(CC(C(=O)O)N2C(=O)C(Br)=C(Br)C2=O)cc1.Cc1ccc(CCN2C(=O)C(Br)=C(Br)C2=O)cc1O.Cc1ccc(N2C(=O)C(Br)=C(Br)C2=O)cc1. The monoisotopic (exact) mass is 2950 g/mol. The van der Waals surface area contributed by atoms with Gasteiger partial charge in [-0.15, -0.1) is 0 Å². The molecule has 6 aliphatic heterocycles. The first kappa shape index (κ1) is 104. The Labute approximate surface area is 848 Å². The summed E-state index contributed by atoms with van der Waals surface area (Å²) in [6.07, 6.45) is 2.15. The van der Waals surface area contributed by atoms with Gasteiger partial charge in [-0.05, 0) is 434 Å². The lowest BCUT2D eigenvalue weighted by atomic mass is 9.93. The molecule has 43 heteroatoms. The number of phenols is 1. The van der Waals surface area contributed by atoms with E-state index in [0.29, 0.717) is 24.2 Å². The van der Waals surface area contributed by atoms with E-state index in [1.54, 1.807) is 44.2 Å². The summed E-state index contributed by atoms with van der Waals surface area (Å²) in [5.74, 6) is -9.33. The zero-order valence-electron chi connectivity index (χ0n) is 61.8. The van der Waals surface area contributed by atoms with E-state index in [2.05, 4.69) is 304 Å². The van der Waals surface area contributed by atoms with Gasteiger partial charge in [0.15, 0.2) is 0 Å². The summed E-state index contributed by atoms with van der Waals surface area (Å²) in [7, 11) is 0. The summed E-state index contributed by atoms with van der Waals surface area (Å²) in [5.41, 5.74) is 8.57. The Balaban J connectivity index is 0.000000223. The molecule has 5 aromatic rings. The van der Waals surface area contributed by atoms with Gasteiger partial charge in [-0.25, -0.2) is 24.2 Å².